The third-order valence-electron chi connectivity index (χ3n) is 6.10. The third-order valence-corrected chi connectivity index (χ3v) is 6.10. The second-order valence-corrected chi connectivity index (χ2v) is 7.80. The molecular formula is C20H26FN3O. The Labute approximate surface area is 148 Å². The normalized spacial score (nSPS) is 29.8. The number of aryl methyl sites for hydroxylation is 2. The predicted molar refractivity (Wildman–Crippen MR) is 94.3 cm³/mol. The Kier molecular flexibility index (Phi) is 4.16. The Hall–Kier alpha value is -1.72. The second kappa shape index (κ2) is 6.22. The van der Waals surface area contributed by atoms with Crippen molar-refractivity contribution in [2.45, 2.75) is 38.3 Å². The summed E-state index contributed by atoms with van der Waals surface area (Å²) in [7, 11) is 1.95. The molecule has 1 saturated carbocycles. The van der Waals surface area contributed by atoms with Gasteiger partial charge in [-0.25, -0.2) is 4.39 Å². The van der Waals surface area contributed by atoms with Crippen LogP contribution in [-0.4, -0.2) is 32.9 Å². The van der Waals surface area contributed by atoms with Crippen LogP contribution in [0.4, 0.5) is 4.39 Å². The maximum atomic E-state index is 13.7. The van der Waals surface area contributed by atoms with E-state index < -0.39 is 5.60 Å². The molecule has 0 bridgehead atoms. The molecule has 1 aliphatic carbocycles. The van der Waals surface area contributed by atoms with E-state index in [9.17, 15) is 9.50 Å². The molecule has 3 atom stereocenters. The number of hydrogen-bond donors (Lipinski definition) is 1. The lowest BCUT2D eigenvalue weighted by Crippen LogP contribution is -2.42. The Morgan fingerprint density at radius 1 is 1.36 bits per heavy atom. The Morgan fingerprint density at radius 3 is 2.92 bits per heavy atom. The number of nitrogens with zero attached hydrogens (tertiary/aromatic N) is 3. The fourth-order valence-electron chi connectivity index (χ4n) is 4.90. The van der Waals surface area contributed by atoms with Gasteiger partial charge in [-0.3, -0.25) is 9.58 Å². The molecule has 25 heavy (non-hydrogen) atoms. The van der Waals surface area contributed by atoms with Gasteiger partial charge in [0.25, 0.3) is 0 Å². The molecule has 1 aromatic heterocycles. The van der Waals surface area contributed by atoms with Gasteiger partial charge < -0.3 is 5.11 Å². The summed E-state index contributed by atoms with van der Waals surface area (Å²) in [6, 6.07) is 6.53. The van der Waals surface area contributed by atoms with Gasteiger partial charge >= 0.3 is 0 Å². The monoisotopic (exact) mass is 343 g/mol. The topological polar surface area (TPSA) is 41.3 Å². The highest BCUT2D eigenvalue weighted by Crippen LogP contribution is 2.48. The quantitative estimate of drug-likeness (QED) is 0.931. The van der Waals surface area contributed by atoms with E-state index in [0.29, 0.717) is 5.92 Å². The molecule has 3 unspecified atom stereocenters. The number of rotatable bonds is 3. The highest BCUT2D eigenvalue weighted by Gasteiger charge is 2.49. The molecule has 2 heterocycles. The smallest absolute Gasteiger partial charge is 0.123 e. The second-order valence-electron chi connectivity index (χ2n) is 7.80. The van der Waals surface area contributed by atoms with E-state index in [1.165, 1.54) is 17.7 Å². The number of fused-ring (bicyclic) bond motifs is 1. The zero-order valence-electron chi connectivity index (χ0n) is 15.0. The number of aromatic nitrogens is 2. The van der Waals surface area contributed by atoms with Gasteiger partial charge in [-0.2, -0.15) is 5.10 Å². The van der Waals surface area contributed by atoms with Gasteiger partial charge in [-0.15, -0.1) is 0 Å². The number of aliphatic hydroxyl groups is 1. The molecule has 5 heteroatoms. The van der Waals surface area contributed by atoms with Gasteiger partial charge in [-0.1, -0.05) is 12.1 Å². The molecule has 1 aromatic carbocycles. The average Bonchev–Trinajstić information content (AvgIpc) is 3.11. The highest BCUT2D eigenvalue weighted by molar-refractivity contribution is 5.26. The van der Waals surface area contributed by atoms with Crippen LogP contribution in [0.2, 0.25) is 0 Å². The summed E-state index contributed by atoms with van der Waals surface area (Å²) in [5, 5.41) is 15.9. The van der Waals surface area contributed by atoms with Crippen molar-refractivity contribution in [3.8, 4) is 0 Å². The van der Waals surface area contributed by atoms with Crippen LogP contribution >= 0.6 is 0 Å². The predicted octanol–water partition coefficient (Wildman–Crippen LogP) is 2.99. The lowest BCUT2D eigenvalue weighted by Gasteiger charge is -2.41. The first-order valence-corrected chi connectivity index (χ1v) is 9.15. The zero-order chi connectivity index (χ0) is 17.6. The molecule has 0 radical (unpaired) electrons. The summed E-state index contributed by atoms with van der Waals surface area (Å²) in [5.74, 6) is 0.368. The third kappa shape index (κ3) is 3.00. The fraction of sp³-hybridized carbons (Fsp3) is 0.550. The van der Waals surface area contributed by atoms with Crippen LogP contribution in [0.1, 0.15) is 36.1 Å². The van der Waals surface area contributed by atoms with Crippen LogP contribution < -0.4 is 0 Å². The number of benzene rings is 1. The Morgan fingerprint density at radius 2 is 2.20 bits per heavy atom. The van der Waals surface area contributed by atoms with Crippen LogP contribution in [0.5, 0.6) is 0 Å². The lowest BCUT2D eigenvalue weighted by atomic mass is 9.67. The number of likely N-dealkylation sites (tertiary alicyclic amines) is 1. The molecule has 2 fully saturated rings. The highest BCUT2D eigenvalue weighted by atomic mass is 19.1. The van der Waals surface area contributed by atoms with Crippen molar-refractivity contribution in [2.24, 2.45) is 18.9 Å². The summed E-state index contributed by atoms with van der Waals surface area (Å²) in [6.45, 7) is 4.76. The standard InChI is InChI=1S/C20H26FN3O/c1-14-16(10-23(2)22-14)12-24-11-15-5-4-8-20(25,19(15)13-24)17-6-3-7-18(21)9-17/h3,6-7,9-10,15,19,25H,4-5,8,11-13H2,1-2H3. The van der Waals surface area contributed by atoms with Gasteiger partial charge in [0.1, 0.15) is 5.82 Å². The van der Waals surface area contributed by atoms with Crippen LogP contribution in [-0.2, 0) is 19.2 Å². The van der Waals surface area contributed by atoms with Crippen molar-refractivity contribution >= 4 is 0 Å². The molecule has 2 aliphatic rings. The summed E-state index contributed by atoms with van der Waals surface area (Å²) < 4.78 is 15.6. The molecule has 1 aliphatic heterocycles. The fourth-order valence-corrected chi connectivity index (χ4v) is 4.90. The minimum atomic E-state index is -0.913. The lowest BCUT2D eigenvalue weighted by molar-refractivity contribution is -0.0650. The Bertz CT molecular complexity index is 774. The molecule has 4 nitrogen and oxygen atoms in total. The van der Waals surface area contributed by atoms with Crippen LogP contribution in [0.15, 0.2) is 30.5 Å². The van der Waals surface area contributed by atoms with E-state index in [0.717, 1.165) is 50.2 Å². The van der Waals surface area contributed by atoms with Crippen molar-refractivity contribution in [1.82, 2.24) is 14.7 Å². The first kappa shape index (κ1) is 16.7. The molecule has 0 amide bonds. The van der Waals surface area contributed by atoms with Crippen molar-refractivity contribution in [3.63, 3.8) is 0 Å². The van der Waals surface area contributed by atoms with Crippen molar-refractivity contribution < 1.29 is 9.50 Å². The van der Waals surface area contributed by atoms with Crippen LogP contribution in [0.25, 0.3) is 0 Å². The van der Waals surface area contributed by atoms with Crippen LogP contribution in [0.3, 0.4) is 0 Å². The van der Waals surface area contributed by atoms with Gasteiger partial charge in [-0.05, 0) is 49.8 Å². The summed E-state index contributed by atoms with van der Waals surface area (Å²) in [6.07, 6.45) is 4.94. The van der Waals surface area contributed by atoms with E-state index in [1.54, 1.807) is 6.07 Å². The number of halogens is 1. The molecule has 1 N–H and O–H groups in total. The largest absolute Gasteiger partial charge is 0.385 e. The van der Waals surface area contributed by atoms with Crippen LogP contribution in [0, 0.1) is 24.6 Å². The minimum Gasteiger partial charge on any atom is -0.385 e. The molecule has 1 saturated heterocycles. The molecule has 4 rings (SSSR count). The first-order valence-electron chi connectivity index (χ1n) is 9.15. The maximum absolute atomic E-state index is 13.7. The SMILES string of the molecule is Cc1nn(C)cc1CN1CC2CCCC(O)(c3cccc(F)c3)C2C1. The zero-order valence-corrected chi connectivity index (χ0v) is 15.0. The van der Waals surface area contributed by atoms with Gasteiger partial charge in [0.05, 0.1) is 11.3 Å². The van der Waals surface area contributed by atoms with E-state index in [2.05, 4.69) is 16.2 Å². The first-order chi connectivity index (χ1) is 12.0. The molecule has 134 valence electrons. The summed E-state index contributed by atoms with van der Waals surface area (Å²) >= 11 is 0. The minimum absolute atomic E-state index is 0.167. The van der Waals surface area contributed by atoms with Crippen molar-refractivity contribution in [1.29, 1.82) is 0 Å². The van der Waals surface area contributed by atoms with Gasteiger partial charge in [0.2, 0.25) is 0 Å². The molecule has 0 spiro atoms. The van der Waals surface area contributed by atoms with Gasteiger partial charge in [0.15, 0.2) is 0 Å². The van der Waals surface area contributed by atoms with E-state index in [-0.39, 0.29) is 11.7 Å². The Balaban J connectivity index is 1.57. The maximum Gasteiger partial charge on any atom is 0.123 e. The van der Waals surface area contributed by atoms with E-state index >= 15 is 0 Å². The molecule has 2 aromatic rings. The summed E-state index contributed by atoms with van der Waals surface area (Å²) in [5.41, 5.74) is 2.14. The van der Waals surface area contributed by atoms with Gasteiger partial charge in [0, 0.05) is 44.4 Å². The average molecular weight is 343 g/mol. The number of hydrogen-bond acceptors (Lipinski definition) is 3. The van der Waals surface area contributed by atoms with E-state index in [1.807, 2.05) is 24.7 Å². The van der Waals surface area contributed by atoms with E-state index in [4.69, 9.17) is 0 Å². The van der Waals surface area contributed by atoms with Crippen molar-refractivity contribution in [2.75, 3.05) is 13.1 Å². The van der Waals surface area contributed by atoms with Crippen molar-refractivity contribution in [3.05, 3.63) is 53.1 Å². The summed E-state index contributed by atoms with van der Waals surface area (Å²) in [4.78, 5) is 2.43. The molecular weight excluding hydrogens is 317 g/mol.